The van der Waals surface area contributed by atoms with E-state index in [0.29, 0.717) is 5.92 Å². The van der Waals surface area contributed by atoms with Gasteiger partial charge < -0.3 is 4.74 Å². The van der Waals surface area contributed by atoms with E-state index in [0.717, 1.165) is 31.4 Å². The van der Waals surface area contributed by atoms with Crippen LogP contribution in [0, 0.1) is 11.3 Å². The molecule has 2 aliphatic rings. The monoisotopic (exact) mass is 287 g/mol. The zero-order valence-electron chi connectivity index (χ0n) is 13.5. The van der Waals surface area contributed by atoms with Crippen molar-refractivity contribution in [3.8, 4) is 0 Å². The van der Waals surface area contributed by atoms with Gasteiger partial charge in [0, 0.05) is 22.4 Å². The molecule has 2 rings (SSSR count). The number of allylic oxidation sites excluding steroid dienone is 5. The van der Waals surface area contributed by atoms with Crippen LogP contribution in [0.4, 0.5) is 0 Å². The molecule has 0 amide bonds. The Labute approximate surface area is 127 Å². The molecule has 1 unspecified atom stereocenters. The number of hydrogen-bond donors (Lipinski definition) is 0. The van der Waals surface area contributed by atoms with Crippen molar-refractivity contribution in [3.05, 3.63) is 45.6 Å². The van der Waals surface area contributed by atoms with E-state index in [1.165, 1.54) is 11.1 Å². The fourth-order valence-electron chi connectivity index (χ4n) is 3.70. The quantitative estimate of drug-likeness (QED) is 0.371. The van der Waals surface area contributed by atoms with Gasteiger partial charge in [0.05, 0.1) is 7.11 Å². The number of nitrogens with zero attached hydrogens (tertiary/aromatic N) is 3. The van der Waals surface area contributed by atoms with Crippen molar-refractivity contribution in [1.29, 1.82) is 0 Å². The predicted molar refractivity (Wildman–Crippen MR) is 85.6 cm³/mol. The van der Waals surface area contributed by atoms with Gasteiger partial charge in [0.2, 0.25) is 0 Å². The van der Waals surface area contributed by atoms with Gasteiger partial charge >= 0.3 is 0 Å². The van der Waals surface area contributed by atoms with Crippen molar-refractivity contribution in [2.45, 2.75) is 52.5 Å². The fourth-order valence-corrected chi connectivity index (χ4v) is 3.70. The summed E-state index contributed by atoms with van der Waals surface area (Å²) in [7, 11) is 1.74. The second-order valence-corrected chi connectivity index (χ2v) is 6.05. The smallest absolute Gasteiger partial charge is 0.118 e. The molecule has 0 spiro atoms. The third-order valence-corrected chi connectivity index (χ3v) is 5.09. The lowest BCUT2D eigenvalue weighted by molar-refractivity contribution is 0.264. The molecule has 0 saturated heterocycles. The van der Waals surface area contributed by atoms with Crippen LogP contribution < -0.4 is 0 Å². The Balaban J connectivity index is 2.37. The zero-order chi connectivity index (χ0) is 15.5. The van der Waals surface area contributed by atoms with Crippen molar-refractivity contribution >= 4 is 0 Å². The van der Waals surface area contributed by atoms with Crippen molar-refractivity contribution < 1.29 is 4.74 Å². The fraction of sp³-hybridized carbons (Fsp3) is 0.647. The maximum absolute atomic E-state index is 8.59. The lowest BCUT2D eigenvalue weighted by atomic mass is 9.68. The maximum atomic E-state index is 8.59. The number of methoxy groups -OCH3 is 1. The number of ether oxygens (including phenoxy) is 1. The highest BCUT2D eigenvalue weighted by Crippen LogP contribution is 2.51. The van der Waals surface area contributed by atoms with Gasteiger partial charge in [-0.1, -0.05) is 38.0 Å². The van der Waals surface area contributed by atoms with Crippen LogP contribution in [0.5, 0.6) is 0 Å². The summed E-state index contributed by atoms with van der Waals surface area (Å²) in [6.45, 7) is 6.51. The van der Waals surface area contributed by atoms with Gasteiger partial charge in [-0.05, 0) is 48.3 Å². The molecule has 114 valence electrons. The summed E-state index contributed by atoms with van der Waals surface area (Å²) in [4.78, 5) is 2.92. The van der Waals surface area contributed by atoms with E-state index >= 15 is 0 Å². The van der Waals surface area contributed by atoms with Gasteiger partial charge in [-0.2, -0.15) is 0 Å². The van der Waals surface area contributed by atoms with Gasteiger partial charge in [-0.15, -0.1) is 0 Å². The number of azide groups is 1. The van der Waals surface area contributed by atoms with E-state index in [2.05, 4.69) is 42.1 Å². The largest absolute Gasteiger partial charge is 0.497 e. The summed E-state index contributed by atoms with van der Waals surface area (Å²) in [6, 6.07) is -0.00538. The Morgan fingerprint density at radius 3 is 2.76 bits per heavy atom. The third-order valence-electron chi connectivity index (χ3n) is 5.09. The molecule has 0 aromatic carbocycles. The summed E-state index contributed by atoms with van der Waals surface area (Å²) >= 11 is 0. The van der Waals surface area contributed by atoms with E-state index in [1.54, 1.807) is 7.11 Å². The van der Waals surface area contributed by atoms with Crippen molar-refractivity contribution in [2.24, 2.45) is 16.4 Å². The van der Waals surface area contributed by atoms with E-state index in [4.69, 9.17) is 10.3 Å². The lowest BCUT2D eigenvalue weighted by Crippen LogP contribution is -2.26. The molecule has 0 aliphatic heterocycles. The number of rotatable bonds is 6. The molecular weight excluding hydrogens is 262 g/mol. The minimum absolute atomic E-state index is 0.00538. The molecule has 0 bridgehead atoms. The summed E-state index contributed by atoms with van der Waals surface area (Å²) in [6.07, 6.45) is 10.9. The van der Waals surface area contributed by atoms with Crippen LogP contribution in [0.3, 0.4) is 0 Å². The van der Waals surface area contributed by atoms with Crippen molar-refractivity contribution in [1.82, 2.24) is 0 Å². The Morgan fingerprint density at radius 2 is 2.19 bits per heavy atom. The van der Waals surface area contributed by atoms with E-state index in [-0.39, 0.29) is 11.5 Å². The molecule has 0 saturated carbocycles. The van der Waals surface area contributed by atoms with Crippen LogP contribution in [0.25, 0.3) is 10.4 Å². The van der Waals surface area contributed by atoms with Crippen molar-refractivity contribution in [3.63, 3.8) is 0 Å². The maximum Gasteiger partial charge on any atom is 0.118 e. The first kappa shape index (κ1) is 15.7. The van der Waals surface area contributed by atoms with Gasteiger partial charge in [0.25, 0.3) is 0 Å². The van der Waals surface area contributed by atoms with E-state index in [9.17, 15) is 0 Å². The Bertz CT molecular complexity index is 534. The molecule has 2 atom stereocenters. The normalized spacial score (nSPS) is 24.2. The minimum atomic E-state index is -0.00538. The summed E-state index contributed by atoms with van der Waals surface area (Å²) in [5, 5.41) is 3.82. The highest BCUT2D eigenvalue weighted by atomic mass is 16.5. The van der Waals surface area contributed by atoms with Gasteiger partial charge in [0.15, 0.2) is 0 Å². The molecule has 0 fully saturated rings. The first-order valence-corrected chi connectivity index (χ1v) is 7.83. The molecule has 0 radical (unpaired) electrons. The summed E-state index contributed by atoms with van der Waals surface area (Å²) < 4.78 is 5.62. The minimum Gasteiger partial charge on any atom is -0.497 e. The molecule has 2 aliphatic carbocycles. The highest BCUT2D eigenvalue weighted by Gasteiger charge is 2.39. The standard InChI is InChI=1S/C17H25N3O/c1-5-17(6-2)10-9-15(21-4)16-13(7-8-14(16)17)11-12(3)19-20-18/h7-9,12-13H,5-6,10-11H2,1-4H3/t12-,13?/m0/s1. The van der Waals surface area contributed by atoms with Gasteiger partial charge in [0.1, 0.15) is 5.76 Å². The summed E-state index contributed by atoms with van der Waals surface area (Å²) in [5.74, 6) is 1.30. The Kier molecular flexibility index (Phi) is 4.79. The van der Waals surface area contributed by atoms with Crippen LogP contribution in [0.1, 0.15) is 46.5 Å². The average Bonchev–Trinajstić information content (AvgIpc) is 2.91. The zero-order valence-corrected chi connectivity index (χ0v) is 13.5. The van der Waals surface area contributed by atoms with Crippen LogP contribution >= 0.6 is 0 Å². The Morgan fingerprint density at radius 1 is 1.48 bits per heavy atom. The molecular formula is C17H25N3O. The topological polar surface area (TPSA) is 58.0 Å². The predicted octanol–water partition coefficient (Wildman–Crippen LogP) is 5.30. The van der Waals surface area contributed by atoms with Crippen LogP contribution in [-0.2, 0) is 4.74 Å². The molecule has 0 heterocycles. The SMILES string of the molecule is CCC1(CC)CC=C(OC)C2=C1C=CC2C[C@H](C)N=[N+]=[N-]. The second kappa shape index (κ2) is 6.40. The molecule has 4 nitrogen and oxygen atoms in total. The molecule has 21 heavy (non-hydrogen) atoms. The van der Waals surface area contributed by atoms with Crippen LogP contribution in [-0.4, -0.2) is 13.2 Å². The van der Waals surface area contributed by atoms with Crippen molar-refractivity contribution in [2.75, 3.05) is 7.11 Å². The van der Waals surface area contributed by atoms with Gasteiger partial charge in [-0.25, -0.2) is 0 Å². The Hall–Kier alpha value is -1.67. The third kappa shape index (κ3) is 2.73. The van der Waals surface area contributed by atoms with Crippen LogP contribution in [0.2, 0.25) is 0 Å². The first-order chi connectivity index (χ1) is 10.1. The lowest BCUT2D eigenvalue weighted by Gasteiger charge is -2.37. The summed E-state index contributed by atoms with van der Waals surface area (Å²) in [5.41, 5.74) is 11.6. The van der Waals surface area contributed by atoms with Crippen LogP contribution in [0.15, 0.2) is 40.2 Å². The van der Waals surface area contributed by atoms with E-state index in [1.807, 2.05) is 6.92 Å². The average molecular weight is 287 g/mol. The second-order valence-electron chi connectivity index (χ2n) is 6.05. The number of hydrogen-bond acceptors (Lipinski definition) is 2. The van der Waals surface area contributed by atoms with E-state index < -0.39 is 0 Å². The molecule has 4 heteroatoms. The molecule has 0 N–H and O–H groups in total. The molecule has 0 aromatic heterocycles. The highest BCUT2D eigenvalue weighted by molar-refractivity contribution is 5.52. The first-order valence-electron chi connectivity index (χ1n) is 7.83. The van der Waals surface area contributed by atoms with Gasteiger partial charge in [-0.3, -0.25) is 0 Å². The molecule has 0 aromatic rings.